The summed E-state index contributed by atoms with van der Waals surface area (Å²) in [6.07, 6.45) is 8.96. The Morgan fingerprint density at radius 1 is 1.26 bits per heavy atom. The Hall–Kier alpha value is -0.590. The Labute approximate surface area is 118 Å². The van der Waals surface area contributed by atoms with Crippen LogP contribution in [0, 0.1) is 16.7 Å². The van der Waals surface area contributed by atoms with Crippen molar-refractivity contribution in [3.05, 3.63) is 0 Å². The molecule has 0 spiro atoms. The molecule has 1 N–H and O–H groups in total. The van der Waals surface area contributed by atoms with Gasteiger partial charge in [-0.2, -0.15) is 5.26 Å². The summed E-state index contributed by atoms with van der Waals surface area (Å²) >= 11 is 0. The van der Waals surface area contributed by atoms with E-state index >= 15 is 0 Å². The van der Waals surface area contributed by atoms with Gasteiger partial charge in [-0.05, 0) is 65.5 Å². The lowest BCUT2D eigenvalue weighted by Crippen LogP contribution is -2.39. The lowest BCUT2D eigenvalue weighted by atomic mass is 9.89. The van der Waals surface area contributed by atoms with Crippen LogP contribution in [0.5, 0.6) is 0 Å². The topological polar surface area (TPSA) is 39.1 Å². The van der Waals surface area contributed by atoms with Crippen molar-refractivity contribution in [2.24, 2.45) is 5.41 Å². The standard InChI is InChI=1S/C16H29N3/c1-16(2,13-17)9-3-4-11-19(15-7-8-15)12-14-6-5-10-18-14/h14-15,18H,3-12H2,1-2H3. The van der Waals surface area contributed by atoms with Gasteiger partial charge in [0.05, 0.1) is 11.5 Å². The lowest BCUT2D eigenvalue weighted by molar-refractivity contribution is 0.231. The van der Waals surface area contributed by atoms with Crippen LogP contribution in [-0.2, 0) is 0 Å². The van der Waals surface area contributed by atoms with Gasteiger partial charge in [-0.15, -0.1) is 0 Å². The summed E-state index contributed by atoms with van der Waals surface area (Å²) in [4.78, 5) is 2.70. The molecule has 2 rings (SSSR count). The molecule has 0 bridgehead atoms. The molecule has 1 saturated carbocycles. The average Bonchev–Trinajstić information content (AvgIpc) is 3.11. The molecule has 0 amide bonds. The van der Waals surface area contributed by atoms with Gasteiger partial charge >= 0.3 is 0 Å². The van der Waals surface area contributed by atoms with Crippen molar-refractivity contribution in [3.8, 4) is 6.07 Å². The molecule has 19 heavy (non-hydrogen) atoms. The first kappa shape index (κ1) is 14.8. The third-order valence-electron chi connectivity index (χ3n) is 4.48. The number of rotatable bonds is 8. The van der Waals surface area contributed by atoms with E-state index in [1.807, 2.05) is 13.8 Å². The average molecular weight is 263 g/mol. The highest BCUT2D eigenvalue weighted by Gasteiger charge is 2.30. The molecule has 0 aromatic rings. The quantitative estimate of drug-likeness (QED) is 0.684. The minimum absolute atomic E-state index is 0.141. The largest absolute Gasteiger partial charge is 0.313 e. The van der Waals surface area contributed by atoms with E-state index in [1.165, 1.54) is 58.2 Å². The van der Waals surface area contributed by atoms with Crippen molar-refractivity contribution in [1.29, 1.82) is 5.26 Å². The zero-order valence-corrected chi connectivity index (χ0v) is 12.6. The summed E-state index contributed by atoms with van der Waals surface area (Å²) in [7, 11) is 0. The number of hydrogen-bond acceptors (Lipinski definition) is 3. The molecule has 1 unspecified atom stereocenters. The van der Waals surface area contributed by atoms with Gasteiger partial charge in [-0.25, -0.2) is 0 Å². The van der Waals surface area contributed by atoms with E-state index in [9.17, 15) is 0 Å². The molecule has 1 aliphatic carbocycles. The fourth-order valence-electron chi connectivity index (χ4n) is 3.00. The number of nitrogens with one attached hydrogen (secondary N) is 1. The van der Waals surface area contributed by atoms with E-state index in [4.69, 9.17) is 5.26 Å². The molecular weight excluding hydrogens is 234 g/mol. The zero-order valence-electron chi connectivity index (χ0n) is 12.6. The fraction of sp³-hybridized carbons (Fsp3) is 0.938. The van der Waals surface area contributed by atoms with Gasteiger partial charge in [0.2, 0.25) is 0 Å². The molecule has 1 atom stereocenters. The van der Waals surface area contributed by atoms with Crippen LogP contribution < -0.4 is 5.32 Å². The Bertz CT molecular complexity index is 308. The third kappa shape index (κ3) is 5.12. The maximum atomic E-state index is 9.02. The minimum atomic E-state index is -0.141. The SMILES string of the molecule is CC(C)(C#N)CCCCN(CC1CCCN1)C1CC1. The fourth-order valence-corrected chi connectivity index (χ4v) is 3.00. The van der Waals surface area contributed by atoms with E-state index in [2.05, 4.69) is 16.3 Å². The zero-order chi connectivity index (χ0) is 13.7. The predicted molar refractivity (Wildman–Crippen MR) is 78.9 cm³/mol. The van der Waals surface area contributed by atoms with Gasteiger partial charge in [0.15, 0.2) is 0 Å². The van der Waals surface area contributed by atoms with Crippen LogP contribution in [0.4, 0.5) is 0 Å². The maximum Gasteiger partial charge on any atom is 0.0683 e. The summed E-state index contributed by atoms with van der Waals surface area (Å²) in [6, 6.07) is 4.00. The van der Waals surface area contributed by atoms with Crippen molar-refractivity contribution in [3.63, 3.8) is 0 Å². The van der Waals surface area contributed by atoms with Crippen molar-refractivity contribution in [2.75, 3.05) is 19.6 Å². The second kappa shape index (κ2) is 6.72. The lowest BCUT2D eigenvalue weighted by Gasteiger charge is -2.26. The van der Waals surface area contributed by atoms with E-state index < -0.39 is 0 Å². The van der Waals surface area contributed by atoms with Gasteiger partial charge in [-0.3, -0.25) is 4.90 Å². The maximum absolute atomic E-state index is 9.02. The molecule has 0 aromatic carbocycles. The predicted octanol–water partition coefficient (Wildman–Crippen LogP) is 2.92. The van der Waals surface area contributed by atoms with Crippen molar-refractivity contribution >= 4 is 0 Å². The highest BCUT2D eigenvalue weighted by Crippen LogP contribution is 2.28. The summed E-state index contributed by atoms with van der Waals surface area (Å²) in [5.41, 5.74) is -0.141. The van der Waals surface area contributed by atoms with Gasteiger partial charge in [0.1, 0.15) is 0 Å². The molecule has 2 fully saturated rings. The molecule has 2 aliphatic rings. The van der Waals surface area contributed by atoms with Gasteiger partial charge in [0, 0.05) is 18.6 Å². The summed E-state index contributed by atoms with van der Waals surface area (Å²) in [5.74, 6) is 0. The van der Waals surface area contributed by atoms with Gasteiger partial charge in [0.25, 0.3) is 0 Å². The van der Waals surface area contributed by atoms with Gasteiger partial charge < -0.3 is 5.32 Å². The molecule has 108 valence electrons. The Morgan fingerprint density at radius 3 is 2.63 bits per heavy atom. The van der Waals surface area contributed by atoms with Crippen molar-refractivity contribution in [1.82, 2.24) is 10.2 Å². The van der Waals surface area contributed by atoms with Crippen LogP contribution in [-0.4, -0.2) is 36.6 Å². The Morgan fingerprint density at radius 2 is 2.05 bits per heavy atom. The third-order valence-corrected chi connectivity index (χ3v) is 4.48. The highest BCUT2D eigenvalue weighted by molar-refractivity contribution is 4.92. The van der Waals surface area contributed by atoms with E-state index in [0.29, 0.717) is 0 Å². The number of hydrogen-bond donors (Lipinski definition) is 1. The molecule has 1 saturated heterocycles. The number of nitrogens with zero attached hydrogens (tertiary/aromatic N) is 2. The smallest absolute Gasteiger partial charge is 0.0683 e. The molecule has 0 aromatic heterocycles. The van der Waals surface area contributed by atoms with Crippen LogP contribution in [0.25, 0.3) is 0 Å². The summed E-state index contributed by atoms with van der Waals surface area (Å²) < 4.78 is 0. The molecule has 1 aliphatic heterocycles. The van der Waals surface area contributed by atoms with Crippen LogP contribution >= 0.6 is 0 Å². The summed E-state index contributed by atoms with van der Waals surface area (Å²) in [5, 5.41) is 12.6. The van der Waals surface area contributed by atoms with Crippen molar-refractivity contribution in [2.45, 2.75) is 70.9 Å². The first-order valence-corrected chi connectivity index (χ1v) is 7.99. The van der Waals surface area contributed by atoms with E-state index in [-0.39, 0.29) is 5.41 Å². The summed E-state index contributed by atoms with van der Waals surface area (Å²) in [6.45, 7) is 7.78. The van der Waals surface area contributed by atoms with Crippen LogP contribution in [0.3, 0.4) is 0 Å². The highest BCUT2D eigenvalue weighted by atomic mass is 15.2. The molecule has 3 nitrogen and oxygen atoms in total. The van der Waals surface area contributed by atoms with Crippen LogP contribution in [0.2, 0.25) is 0 Å². The van der Waals surface area contributed by atoms with Crippen molar-refractivity contribution < 1.29 is 0 Å². The number of unbranched alkanes of at least 4 members (excludes halogenated alkanes) is 1. The molecule has 0 radical (unpaired) electrons. The Balaban J connectivity index is 1.65. The molecule has 3 heteroatoms. The van der Waals surface area contributed by atoms with Gasteiger partial charge in [-0.1, -0.05) is 6.42 Å². The minimum Gasteiger partial charge on any atom is -0.313 e. The normalized spacial score (nSPS) is 23.8. The number of nitriles is 1. The van der Waals surface area contributed by atoms with E-state index in [1.54, 1.807) is 0 Å². The first-order valence-electron chi connectivity index (χ1n) is 7.99. The second-order valence-electron chi connectivity index (χ2n) is 6.97. The Kier molecular flexibility index (Phi) is 5.24. The first-order chi connectivity index (χ1) is 9.11. The monoisotopic (exact) mass is 263 g/mol. The van der Waals surface area contributed by atoms with Crippen LogP contribution in [0.15, 0.2) is 0 Å². The molecular formula is C16H29N3. The van der Waals surface area contributed by atoms with Crippen LogP contribution in [0.1, 0.15) is 58.8 Å². The molecule has 1 heterocycles. The second-order valence-corrected chi connectivity index (χ2v) is 6.97. The van der Waals surface area contributed by atoms with E-state index in [0.717, 1.165) is 18.5 Å².